The molecule has 0 saturated carbocycles. The van der Waals surface area contributed by atoms with Crippen molar-refractivity contribution >= 4 is 15.9 Å². The lowest BCUT2D eigenvalue weighted by atomic mass is 10.0. The van der Waals surface area contributed by atoms with Crippen molar-refractivity contribution < 1.29 is 4.74 Å². The summed E-state index contributed by atoms with van der Waals surface area (Å²) in [6.45, 7) is 2.82. The highest BCUT2D eigenvalue weighted by molar-refractivity contribution is 9.10. The molecule has 2 atom stereocenters. The first-order valence-electron chi connectivity index (χ1n) is 6.76. The fourth-order valence-electron chi connectivity index (χ4n) is 2.31. The minimum Gasteiger partial charge on any atom is -0.383 e. The monoisotopic (exact) mass is 333 g/mol. The quantitative estimate of drug-likeness (QED) is 0.841. The van der Waals surface area contributed by atoms with Crippen LogP contribution in [-0.2, 0) is 4.74 Å². The van der Waals surface area contributed by atoms with Crippen molar-refractivity contribution in [2.45, 2.75) is 19.0 Å². The molecule has 2 nitrogen and oxygen atoms in total. The van der Waals surface area contributed by atoms with Crippen LogP contribution < -0.4 is 5.32 Å². The molecule has 3 heteroatoms. The molecule has 20 heavy (non-hydrogen) atoms. The molecule has 0 heterocycles. The van der Waals surface area contributed by atoms with Crippen LogP contribution in [0.1, 0.15) is 30.1 Å². The van der Waals surface area contributed by atoms with Gasteiger partial charge in [-0.05, 0) is 24.1 Å². The van der Waals surface area contributed by atoms with E-state index in [0.29, 0.717) is 6.61 Å². The highest BCUT2D eigenvalue weighted by atomic mass is 79.9. The molecule has 0 aliphatic heterocycles. The molecule has 0 fully saturated rings. The zero-order valence-electron chi connectivity index (χ0n) is 11.8. The molecular formula is C17H20BrNO. The van der Waals surface area contributed by atoms with Crippen LogP contribution in [0, 0.1) is 0 Å². The molecule has 106 valence electrons. The molecule has 0 saturated heterocycles. The van der Waals surface area contributed by atoms with Crippen molar-refractivity contribution in [3.05, 3.63) is 70.2 Å². The highest BCUT2D eigenvalue weighted by Crippen LogP contribution is 2.25. The smallest absolute Gasteiger partial charge is 0.0657 e. The van der Waals surface area contributed by atoms with Gasteiger partial charge in [0.15, 0.2) is 0 Å². The Morgan fingerprint density at radius 2 is 1.70 bits per heavy atom. The van der Waals surface area contributed by atoms with E-state index in [0.717, 1.165) is 4.47 Å². The van der Waals surface area contributed by atoms with Gasteiger partial charge in [0.05, 0.1) is 12.6 Å². The van der Waals surface area contributed by atoms with E-state index in [2.05, 4.69) is 70.6 Å². The van der Waals surface area contributed by atoms with Gasteiger partial charge >= 0.3 is 0 Å². The molecule has 1 N–H and O–H groups in total. The molecule has 0 aliphatic carbocycles. The van der Waals surface area contributed by atoms with E-state index in [4.69, 9.17) is 4.74 Å². The first kappa shape index (κ1) is 15.2. The standard InChI is InChI=1S/C17H20BrNO/c1-13(15-10-6-7-11-16(15)18)19-17(12-20-2)14-8-4-3-5-9-14/h3-11,13,17,19H,12H2,1-2H3. The van der Waals surface area contributed by atoms with Crippen LogP contribution in [0.25, 0.3) is 0 Å². The fourth-order valence-corrected chi connectivity index (χ4v) is 2.94. The Labute approximate surface area is 129 Å². The van der Waals surface area contributed by atoms with Gasteiger partial charge in [0.1, 0.15) is 0 Å². The summed E-state index contributed by atoms with van der Waals surface area (Å²) in [4.78, 5) is 0. The summed E-state index contributed by atoms with van der Waals surface area (Å²) in [5.74, 6) is 0. The first-order chi connectivity index (χ1) is 9.72. The second kappa shape index (κ2) is 7.58. The lowest BCUT2D eigenvalue weighted by Gasteiger charge is -2.24. The van der Waals surface area contributed by atoms with Crippen LogP contribution in [-0.4, -0.2) is 13.7 Å². The molecule has 0 bridgehead atoms. The third kappa shape index (κ3) is 3.92. The van der Waals surface area contributed by atoms with Crippen LogP contribution in [0.5, 0.6) is 0 Å². The molecular weight excluding hydrogens is 314 g/mol. The van der Waals surface area contributed by atoms with Crippen LogP contribution >= 0.6 is 15.9 Å². The summed E-state index contributed by atoms with van der Waals surface area (Å²) in [5.41, 5.74) is 2.50. The topological polar surface area (TPSA) is 21.3 Å². The maximum Gasteiger partial charge on any atom is 0.0657 e. The maximum absolute atomic E-state index is 5.35. The Morgan fingerprint density at radius 3 is 2.35 bits per heavy atom. The minimum atomic E-state index is 0.184. The first-order valence-corrected chi connectivity index (χ1v) is 7.56. The lowest BCUT2D eigenvalue weighted by Crippen LogP contribution is -2.28. The van der Waals surface area contributed by atoms with Gasteiger partial charge in [0.2, 0.25) is 0 Å². The Kier molecular flexibility index (Phi) is 5.77. The van der Waals surface area contributed by atoms with E-state index >= 15 is 0 Å². The third-order valence-corrected chi connectivity index (χ3v) is 4.08. The molecule has 0 spiro atoms. The number of nitrogens with one attached hydrogen (secondary N) is 1. The lowest BCUT2D eigenvalue weighted by molar-refractivity contribution is 0.162. The SMILES string of the molecule is COCC(NC(C)c1ccccc1Br)c1ccccc1. The average molecular weight is 334 g/mol. The predicted octanol–water partition coefficient (Wildman–Crippen LogP) is 4.49. The van der Waals surface area contributed by atoms with E-state index in [1.807, 2.05) is 12.1 Å². The second-order valence-corrected chi connectivity index (χ2v) is 5.68. The fraction of sp³-hybridized carbons (Fsp3) is 0.294. The summed E-state index contributed by atoms with van der Waals surface area (Å²) < 4.78 is 6.48. The van der Waals surface area contributed by atoms with Crippen molar-refractivity contribution in [1.82, 2.24) is 5.32 Å². The number of halogens is 1. The van der Waals surface area contributed by atoms with Gasteiger partial charge in [-0.25, -0.2) is 0 Å². The third-order valence-electron chi connectivity index (χ3n) is 3.36. The predicted molar refractivity (Wildman–Crippen MR) is 86.8 cm³/mol. The molecule has 2 rings (SSSR count). The van der Waals surface area contributed by atoms with Gasteiger partial charge in [-0.2, -0.15) is 0 Å². The van der Waals surface area contributed by atoms with Crippen LogP contribution in [0.4, 0.5) is 0 Å². The van der Waals surface area contributed by atoms with E-state index in [1.54, 1.807) is 7.11 Å². The van der Waals surface area contributed by atoms with Crippen LogP contribution in [0.15, 0.2) is 59.1 Å². The average Bonchev–Trinajstić information content (AvgIpc) is 2.48. The van der Waals surface area contributed by atoms with E-state index in [1.165, 1.54) is 11.1 Å². The number of hydrogen-bond donors (Lipinski definition) is 1. The summed E-state index contributed by atoms with van der Waals surface area (Å²) >= 11 is 3.61. The van der Waals surface area contributed by atoms with Crippen molar-refractivity contribution in [1.29, 1.82) is 0 Å². The zero-order valence-corrected chi connectivity index (χ0v) is 13.4. The second-order valence-electron chi connectivity index (χ2n) is 4.83. The van der Waals surface area contributed by atoms with Gasteiger partial charge in [0.25, 0.3) is 0 Å². The Balaban J connectivity index is 2.14. The Morgan fingerprint density at radius 1 is 1.05 bits per heavy atom. The molecule has 0 amide bonds. The Hall–Kier alpha value is -1.16. The summed E-state index contributed by atoms with van der Waals surface area (Å²) in [6, 6.07) is 19.1. The number of rotatable bonds is 6. The Bertz CT molecular complexity index is 530. The van der Waals surface area contributed by atoms with Gasteiger partial charge in [-0.1, -0.05) is 64.5 Å². The van der Waals surface area contributed by atoms with E-state index in [-0.39, 0.29) is 12.1 Å². The number of ether oxygens (including phenoxy) is 1. The number of methoxy groups -OCH3 is 1. The summed E-state index contributed by atoms with van der Waals surface area (Å²) in [7, 11) is 1.74. The highest BCUT2D eigenvalue weighted by Gasteiger charge is 2.16. The normalized spacial score (nSPS) is 13.9. The summed E-state index contributed by atoms with van der Waals surface area (Å²) in [6.07, 6.45) is 0. The van der Waals surface area contributed by atoms with Gasteiger partial charge in [-0.3, -0.25) is 0 Å². The number of hydrogen-bond acceptors (Lipinski definition) is 2. The maximum atomic E-state index is 5.35. The van der Waals surface area contributed by atoms with Crippen molar-refractivity contribution in [3.63, 3.8) is 0 Å². The molecule has 2 unspecified atom stereocenters. The molecule has 0 aromatic heterocycles. The van der Waals surface area contributed by atoms with Crippen molar-refractivity contribution in [3.8, 4) is 0 Å². The molecule has 0 aliphatic rings. The van der Waals surface area contributed by atoms with Gasteiger partial charge in [-0.15, -0.1) is 0 Å². The minimum absolute atomic E-state index is 0.184. The summed E-state index contributed by atoms with van der Waals surface area (Å²) in [5, 5.41) is 3.64. The van der Waals surface area contributed by atoms with E-state index in [9.17, 15) is 0 Å². The largest absolute Gasteiger partial charge is 0.383 e. The van der Waals surface area contributed by atoms with Gasteiger partial charge < -0.3 is 10.1 Å². The molecule has 2 aromatic rings. The molecule has 0 radical (unpaired) electrons. The van der Waals surface area contributed by atoms with Crippen LogP contribution in [0.3, 0.4) is 0 Å². The number of benzene rings is 2. The van der Waals surface area contributed by atoms with Crippen molar-refractivity contribution in [2.75, 3.05) is 13.7 Å². The van der Waals surface area contributed by atoms with Crippen molar-refractivity contribution in [2.24, 2.45) is 0 Å². The van der Waals surface area contributed by atoms with Gasteiger partial charge in [0, 0.05) is 17.6 Å². The van der Waals surface area contributed by atoms with E-state index < -0.39 is 0 Å². The van der Waals surface area contributed by atoms with Crippen LogP contribution in [0.2, 0.25) is 0 Å². The molecule has 2 aromatic carbocycles. The zero-order chi connectivity index (χ0) is 14.4.